The molecule has 0 atom stereocenters. The topological polar surface area (TPSA) is 48.1 Å². The first-order valence-electron chi connectivity index (χ1n) is 4.33. The second kappa shape index (κ2) is 3.13. The smallest absolute Gasteiger partial charge is 0.181 e. The molecule has 2 N–H and O–H groups in total. The maximum Gasteiger partial charge on any atom is 0.181 e. The maximum absolute atomic E-state index is 5.67. The molecule has 3 nitrogen and oxygen atoms in total. The number of thiazole rings is 1. The molecule has 0 spiro atoms. The van der Waals surface area contributed by atoms with Gasteiger partial charge in [0.25, 0.3) is 0 Å². The Kier molecular flexibility index (Phi) is 2.07. The van der Waals surface area contributed by atoms with Gasteiger partial charge in [0, 0.05) is 5.56 Å². The Morgan fingerprint density at radius 3 is 2.79 bits per heavy atom. The van der Waals surface area contributed by atoms with Crippen molar-refractivity contribution in [2.24, 2.45) is 0 Å². The number of nitrogens with two attached hydrogens (primary N) is 1. The van der Waals surface area contributed by atoms with Crippen LogP contribution in [0, 0.1) is 13.8 Å². The van der Waals surface area contributed by atoms with Crippen LogP contribution in [0.2, 0.25) is 0 Å². The van der Waals surface area contributed by atoms with E-state index in [4.69, 9.17) is 10.5 Å². The molecule has 0 unspecified atom stereocenters. The van der Waals surface area contributed by atoms with Gasteiger partial charge >= 0.3 is 0 Å². The molecule has 0 aliphatic rings. The van der Waals surface area contributed by atoms with E-state index < -0.39 is 0 Å². The normalized spacial score (nSPS) is 10.8. The lowest BCUT2D eigenvalue weighted by molar-refractivity contribution is 0.409. The lowest BCUT2D eigenvalue weighted by Gasteiger charge is -2.07. The van der Waals surface area contributed by atoms with Crippen LogP contribution in [0.15, 0.2) is 6.07 Å². The van der Waals surface area contributed by atoms with Gasteiger partial charge in [-0.15, -0.1) is 0 Å². The van der Waals surface area contributed by atoms with Gasteiger partial charge in [-0.05, 0) is 25.5 Å². The Hall–Kier alpha value is -1.29. The highest BCUT2D eigenvalue weighted by molar-refractivity contribution is 7.22. The van der Waals surface area contributed by atoms with Crippen LogP contribution in [-0.4, -0.2) is 12.1 Å². The van der Waals surface area contributed by atoms with Crippen molar-refractivity contribution in [3.8, 4) is 5.75 Å². The molecule has 1 aromatic heterocycles. The van der Waals surface area contributed by atoms with Crippen molar-refractivity contribution in [2.45, 2.75) is 13.8 Å². The number of benzene rings is 1. The third-order valence-electron chi connectivity index (χ3n) is 2.27. The minimum absolute atomic E-state index is 0.607. The van der Waals surface area contributed by atoms with Gasteiger partial charge in [0.2, 0.25) is 0 Å². The maximum atomic E-state index is 5.67. The monoisotopic (exact) mass is 208 g/mol. The van der Waals surface area contributed by atoms with Gasteiger partial charge in [-0.3, -0.25) is 0 Å². The Labute approximate surface area is 86.5 Å². The van der Waals surface area contributed by atoms with Crippen LogP contribution in [0.5, 0.6) is 5.75 Å². The summed E-state index contributed by atoms with van der Waals surface area (Å²) >= 11 is 1.50. The van der Waals surface area contributed by atoms with Gasteiger partial charge < -0.3 is 10.5 Å². The third kappa shape index (κ3) is 1.23. The number of rotatable bonds is 1. The zero-order valence-electron chi connectivity index (χ0n) is 8.42. The highest BCUT2D eigenvalue weighted by atomic mass is 32.1. The number of hydrogen-bond acceptors (Lipinski definition) is 4. The van der Waals surface area contributed by atoms with Crippen LogP contribution in [0.1, 0.15) is 11.1 Å². The minimum Gasteiger partial charge on any atom is -0.496 e. The number of fused-ring (bicyclic) bond motifs is 1. The van der Waals surface area contributed by atoms with E-state index in [2.05, 4.69) is 4.98 Å². The number of hydrogen-bond donors (Lipinski definition) is 1. The minimum atomic E-state index is 0.607. The van der Waals surface area contributed by atoms with Crippen molar-refractivity contribution in [1.29, 1.82) is 0 Å². The summed E-state index contributed by atoms with van der Waals surface area (Å²) < 4.78 is 6.45. The van der Waals surface area contributed by atoms with Gasteiger partial charge in [0.1, 0.15) is 5.75 Å². The summed E-state index contributed by atoms with van der Waals surface area (Å²) in [6.45, 7) is 4.05. The molecular weight excluding hydrogens is 196 g/mol. The van der Waals surface area contributed by atoms with Crippen LogP contribution in [0.25, 0.3) is 10.2 Å². The van der Waals surface area contributed by atoms with Crippen molar-refractivity contribution < 1.29 is 4.74 Å². The van der Waals surface area contributed by atoms with Crippen molar-refractivity contribution in [1.82, 2.24) is 4.98 Å². The van der Waals surface area contributed by atoms with Gasteiger partial charge in [0.05, 0.1) is 17.3 Å². The molecule has 1 heterocycles. The molecule has 0 radical (unpaired) electrons. The van der Waals surface area contributed by atoms with Crippen molar-refractivity contribution in [3.05, 3.63) is 17.2 Å². The Bertz CT molecular complexity index is 490. The van der Waals surface area contributed by atoms with Gasteiger partial charge in [0.15, 0.2) is 5.13 Å². The van der Waals surface area contributed by atoms with E-state index >= 15 is 0 Å². The van der Waals surface area contributed by atoms with E-state index in [1.807, 2.05) is 19.9 Å². The molecule has 0 aliphatic carbocycles. The number of anilines is 1. The largest absolute Gasteiger partial charge is 0.496 e. The fourth-order valence-electron chi connectivity index (χ4n) is 1.70. The summed E-state index contributed by atoms with van der Waals surface area (Å²) in [4.78, 5) is 4.25. The highest BCUT2D eigenvalue weighted by Crippen LogP contribution is 2.34. The van der Waals surface area contributed by atoms with Gasteiger partial charge in [-0.1, -0.05) is 11.3 Å². The third-order valence-corrected chi connectivity index (χ3v) is 3.29. The van der Waals surface area contributed by atoms with Gasteiger partial charge in [-0.25, -0.2) is 4.98 Å². The van der Waals surface area contributed by atoms with Crippen LogP contribution in [0.4, 0.5) is 5.13 Å². The number of aryl methyl sites for hydroxylation is 2. The lowest BCUT2D eigenvalue weighted by atomic mass is 10.1. The second-order valence-electron chi connectivity index (χ2n) is 3.25. The SMILES string of the molecule is COc1c(C)cc2nc(N)sc2c1C. The molecule has 1 aromatic carbocycles. The fourth-order valence-corrected chi connectivity index (χ4v) is 2.51. The zero-order chi connectivity index (χ0) is 10.3. The first-order chi connectivity index (χ1) is 6.63. The molecule has 4 heteroatoms. The molecule has 0 saturated heterocycles. The Morgan fingerprint density at radius 1 is 1.43 bits per heavy atom. The molecule has 0 amide bonds. The zero-order valence-corrected chi connectivity index (χ0v) is 9.23. The Morgan fingerprint density at radius 2 is 2.14 bits per heavy atom. The van der Waals surface area contributed by atoms with E-state index in [0.717, 1.165) is 27.1 Å². The number of ether oxygens (including phenoxy) is 1. The highest BCUT2D eigenvalue weighted by Gasteiger charge is 2.11. The number of methoxy groups -OCH3 is 1. The van der Waals surface area contributed by atoms with Crippen molar-refractivity contribution >= 4 is 26.7 Å². The Balaban J connectivity index is 2.84. The quantitative estimate of drug-likeness (QED) is 0.783. The predicted octanol–water partition coefficient (Wildman–Crippen LogP) is 2.50. The summed E-state index contributed by atoms with van der Waals surface area (Å²) in [5.41, 5.74) is 8.85. The second-order valence-corrected chi connectivity index (χ2v) is 4.28. The van der Waals surface area contributed by atoms with Crippen molar-refractivity contribution in [2.75, 3.05) is 12.8 Å². The average Bonchev–Trinajstić information content (AvgIpc) is 2.47. The van der Waals surface area contributed by atoms with Crippen LogP contribution in [-0.2, 0) is 0 Å². The van der Waals surface area contributed by atoms with Crippen LogP contribution in [0.3, 0.4) is 0 Å². The van der Waals surface area contributed by atoms with Gasteiger partial charge in [-0.2, -0.15) is 0 Å². The summed E-state index contributed by atoms with van der Waals surface area (Å²) in [5.74, 6) is 0.932. The molecule has 2 aromatic rings. The average molecular weight is 208 g/mol. The molecule has 2 rings (SSSR count). The molecule has 74 valence electrons. The van der Waals surface area contributed by atoms with E-state index in [9.17, 15) is 0 Å². The molecule has 14 heavy (non-hydrogen) atoms. The summed E-state index contributed by atoms with van der Waals surface area (Å²) in [6, 6.07) is 2.01. The molecule has 0 saturated carbocycles. The lowest BCUT2D eigenvalue weighted by Crippen LogP contribution is -1.90. The first kappa shape index (κ1) is 9.27. The number of nitrogen functional groups attached to an aromatic ring is 1. The van der Waals surface area contributed by atoms with Crippen LogP contribution >= 0.6 is 11.3 Å². The van der Waals surface area contributed by atoms with E-state index in [0.29, 0.717) is 5.13 Å². The summed E-state index contributed by atoms with van der Waals surface area (Å²) in [5, 5.41) is 0.607. The number of aromatic nitrogens is 1. The van der Waals surface area contributed by atoms with E-state index in [1.54, 1.807) is 7.11 Å². The first-order valence-corrected chi connectivity index (χ1v) is 5.15. The molecule has 0 bridgehead atoms. The predicted molar refractivity (Wildman–Crippen MR) is 60.1 cm³/mol. The standard InChI is InChI=1S/C10H12N2OS/c1-5-4-7-9(14-10(11)12-7)6(2)8(5)13-3/h4H,1-3H3,(H2,11,12). The molecule has 0 fully saturated rings. The van der Waals surface area contributed by atoms with E-state index in [-0.39, 0.29) is 0 Å². The summed E-state index contributed by atoms with van der Waals surface area (Å²) in [6.07, 6.45) is 0. The van der Waals surface area contributed by atoms with Crippen LogP contribution < -0.4 is 10.5 Å². The fraction of sp³-hybridized carbons (Fsp3) is 0.300. The number of nitrogens with zero attached hydrogens (tertiary/aromatic N) is 1. The summed E-state index contributed by atoms with van der Waals surface area (Å²) in [7, 11) is 1.69. The van der Waals surface area contributed by atoms with Crippen molar-refractivity contribution in [3.63, 3.8) is 0 Å². The molecule has 0 aliphatic heterocycles. The molecular formula is C10H12N2OS. The van der Waals surface area contributed by atoms with E-state index in [1.165, 1.54) is 11.3 Å².